The van der Waals surface area contributed by atoms with Crippen LogP contribution in [0.4, 0.5) is 0 Å². The van der Waals surface area contributed by atoms with E-state index in [2.05, 4.69) is 5.10 Å². The van der Waals surface area contributed by atoms with Crippen LogP contribution < -0.4 is 4.74 Å². The fraction of sp³-hybridized carbons (Fsp3) is 0.450. The number of nitrogens with zero attached hydrogens (tertiary/aromatic N) is 3. The number of Topliss-reactive ketones (excluding diaryl/α,β-unsaturated/α-hetero) is 1. The van der Waals surface area contributed by atoms with Crippen molar-refractivity contribution in [3.63, 3.8) is 0 Å². The number of hydrogen-bond donors (Lipinski definition) is 0. The van der Waals surface area contributed by atoms with Gasteiger partial charge in [0, 0.05) is 32.3 Å². The molecule has 4 rings (SSSR count). The zero-order valence-corrected chi connectivity index (χ0v) is 15.0. The van der Waals surface area contributed by atoms with Gasteiger partial charge in [0.25, 0.3) is 5.91 Å². The number of likely N-dealkylation sites (tertiary alicyclic amines) is 1. The molecule has 136 valence electrons. The normalized spacial score (nSPS) is 22.7. The zero-order chi connectivity index (χ0) is 18.1. The number of carbonyl (C=O) groups is 2. The third-order valence-corrected chi connectivity index (χ3v) is 5.42. The molecule has 0 N–H and O–H groups in total. The van der Waals surface area contributed by atoms with Crippen molar-refractivity contribution in [3.05, 3.63) is 47.8 Å². The van der Waals surface area contributed by atoms with Crippen molar-refractivity contribution in [2.45, 2.75) is 44.8 Å². The monoisotopic (exact) mass is 353 g/mol. The topological polar surface area (TPSA) is 64.4 Å². The first-order valence-electron chi connectivity index (χ1n) is 9.24. The Balaban J connectivity index is 1.52. The molecule has 1 saturated heterocycles. The molecule has 6 nitrogen and oxygen atoms in total. The highest BCUT2D eigenvalue weighted by Crippen LogP contribution is 2.39. The predicted octanol–water partition coefficient (Wildman–Crippen LogP) is 2.93. The summed E-state index contributed by atoms with van der Waals surface area (Å²) in [6, 6.07) is 9.21. The molecule has 1 spiro atoms. The van der Waals surface area contributed by atoms with E-state index in [1.165, 1.54) is 0 Å². The number of benzene rings is 1. The van der Waals surface area contributed by atoms with Gasteiger partial charge in [-0.3, -0.25) is 14.3 Å². The summed E-state index contributed by atoms with van der Waals surface area (Å²) in [5, 5.41) is 4.19. The second-order valence-corrected chi connectivity index (χ2v) is 7.06. The lowest BCUT2D eigenvalue weighted by Crippen LogP contribution is -2.43. The molecule has 3 heterocycles. The average molecular weight is 353 g/mol. The molecule has 0 saturated carbocycles. The lowest BCUT2D eigenvalue weighted by molar-refractivity contribution is 0.0300. The Bertz CT molecular complexity index is 844. The molecule has 1 unspecified atom stereocenters. The van der Waals surface area contributed by atoms with Gasteiger partial charge in [-0.2, -0.15) is 5.10 Å². The Morgan fingerprint density at radius 2 is 2.08 bits per heavy atom. The highest BCUT2D eigenvalue weighted by atomic mass is 16.5. The van der Waals surface area contributed by atoms with Crippen LogP contribution in [-0.4, -0.2) is 45.1 Å². The third kappa shape index (κ3) is 2.89. The van der Waals surface area contributed by atoms with E-state index in [0.717, 1.165) is 12.8 Å². The van der Waals surface area contributed by atoms with Gasteiger partial charge in [-0.25, -0.2) is 0 Å². The number of para-hydroxylation sites is 1. The smallest absolute Gasteiger partial charge is 0.272 e. The van der Waals surface area contributed by atoms with E-state index in [1.807, 2.05) is 36.1 Å². The number of aryl methyl sites for hydroxylation is 1. The molecule has 0 bridgehead atoms. The number of ketones is 1. The summed E-state index contributed by atoms with van der Waals surface area (Å²) in [6.45, 7) is 3.90. The first-order valence-corrected chi connectivity index (χ1v) is 9.24. The van der Waals surface area contributed by atoms with Crippen molar-refractivity contribution in [2.75, 3.05) is 13.1 Å². The third-order valence-electron chi connectivity index (χ3n) is 5.42. The Labute approximate surface area is 152 Å². The molecule has 2 aromatic rings. The maximum absolute atomic E-state index is 12.9. The molecule has 1 aromatic heterocycles. The molecule has 26 heavy (non-hydrogen) atoms. The van der Waals surface area contributed by atoms with Crippen molar-refractivity contribution in [2.24, 2.45) is 0 Å². The fourth-order valence-electron chi connectivity index (χ4n) is 4.02. The second-order valence-electron chi connectivity index (χ2n) is 7.06. The van der Waals surface area contributed by atoms with E-state index in [-0.39, 0.29) is 11.7 Å². The van der Waals surface area contributed by atoms with E-state index in [0.29, 0.717) is 49.5 Å². The number of aromatic nitrogens is 2. The Kier molecular flexibility index (Phi) is 4.26. The number of hydrogen-bond acceptors (Lipinski definition) is 4. The van der Waals surface area contributed by atoms with Crippen molar-refractivity contribution >= 4 is 11.7 Å². The van der Waals surface area contributed by atoms with Crippen LogP contribution >= 0.6 is 0 Å². The number of fused-ring (bicyclic) bond motifs is 1. The zero-order valence-electron chi connectivity index (χ0n) is 15.0. The first kappa shape index (κ1) is 16.8. The maximum Gasteiger partial charge on any atom is 0.272 e. The van der Waals surface area contributed by atoms with E-state index >= 15 is 0 Å². The molecule has 1 aromatic carbocycles. The quantitative estimate of drug-likeness (QED) is 0.833. The highest BCUT2D eigenvalue weighted by molar-refractivity contribution is 6.00. The molecule has 2 aliphatic rings. The summed E-state index contributed by atoms with van der Waals surface area (Å²) in [5.41, 5.74) is 0.794. The highest BCUT2D eigenvalue weighted by Gasteiger charge is 2.42. The molecule has 1 fully saturated rings. The molecule has 6 heteroatoms. The summed E-state index contributed by atoms with van der Waals surface area (Å²) >= 11 is 0. The van der Waals surface area contributed by atoms with Crippen LogP contribution in [0.5, 0.6) is 5.75 Å². The molecular formula is C20H23N3O3. The minimum atomic E-state index is -0.495. The minimum absolute atomic E-state index is 0.00364. The van der Waals surface area contributed by atoms with Crippen molar-refractivity contribution in [1.82, 2.24) is 14.7 Å². The maximum atomic E-state index is 12.9. The van der Waals surface area contributed by atoms with Gasteiger partial charge in [-0.15, -0.1) is 0 Å². The van der Waals surface area contributed by atoms with Gasteiger partial charge >= 0.3 is 0 Å². The predicted molar refractivity (Wildman–Crippen MR) is 96.4 cm³/mol. The largest absolute Gasteiger partial charge is 0.486 e. The van der Waals surface area contributed by atoms with Crippen LogP contribution in [0.15, 0.2) is 36.5 Å². The number of amides is 1. The molecule has 0 radical (unpaired) electrons. The summed E-state index contributed by atoms with van der Waals surface area (Å²) in [6.07, 6.45) is 4.32. The summed E-state index contributed by atoms with van der Waals surface area (Å²) < 4.78 is 8.02. The average Bonchev–Trinajstić information content (AvgIpc) is 3.04. The van der Waals surface area contributed by atoms with Crippen LogP contribution in [0.3, 0.4) is 0 Å². The Morgan fingerprint density at radius 1 is 1.23 bits per heavy atom. The lowest BCUT2D eigenvalue weighted by Gasteiger charge is -2.37. The van der Waals surface area contributed by atoms with Gasteiger partial charge in [-0.05, 0) is 38.0 Å². The SMILES string of the molecule is CCn1nccc1C(=O)N1CCCC2(CC1)CC(=O)c1ccccc1O2. The van der Waals surface area contributed by atoms with Gasteiger partial charge in [-0.1, -0.05) is 12.1 Å². The first-order chi connectivity index (χ1) is 12.6. The van der Waals surface area contributed by atoms with Crippen molar-refractivity contribution in [3.8, 4) is 5.75 Å². The van der Waals surface area contributed by atoms with Crippen LogP contribution in [0.1, 0.15) is 53.5 Å². The molecular weight excluding hydrogens is 330 g/mol. The Morgan fingerprint density at radius 3 is 2.92 bits per heavy atom. The molecule has 1 atom stereocenters. The number of rotatable bonds is 2. The van der Waals surface area contributed by atoms with Crippen LogP contribution in [-0.2, 0) is 6.54 Å². The van der Waals surface area contributed by atoms with Gasteiger partial charge < -0.3 is 9.64 Å². The number of carbonyl (C=O) groups excluding carboxylic acids is 2. The van der Waals surface area contributed by atoms with Crippen LogP contribution in [0.25, 0.3) is 0 Å². The molecule has 1 amide bonds. The minimum Gasteiger partial charge on any atom is -0.486 e. The van der Waals surface area contributed by atoms with Gasteiger partial charge in [0.15, 0.2) is 5.78 Å². The van der Waals surface area contributed by atoms with Crippen LogP contribution in [0, 0.1) is 0 Å². The van der Waals surface area contributed by atoms with E-state index in [4.69, 9.17) is 4.74 Å². The fourth-order valence-corrected chi connectivity index (χ4v) is 4.02. The summed E-state index contributed by atoms with van der Waals surface area (Å²) in [7, 11) is 0. The van der Waals surface area contributed by atoms with E-state index < -0.39 is 5.60 Å². The molecule has 0 aliphatic carbocycles. The van der Waals surface area contributed by atoms with Crippen molar-refractivity contribution < 1.29 is 14.3 Å². The van der Waals surface area contributed by atoms with Crippen molar-refractivity contribution in [1.29, 1.82) is 0 Å². The summed E-state index contributed by atoms with van der Waals surface area (Å²) in [5.74, 6) is 0.812. The van der Waals surface area contributed by atoms with Gasteiger partial charge in [0.1, 0.15) is 17.0 Å². The Hall–Kier alpha value is -2.63. The number of ether oxygens (including phenoxy) is 1. The second kappa shape index (κ2) is 6.59. The van der Waals surface area contributed by atoms with Gasteiger partial charge in [0.05, 0.1) is 12.0 Å². The van der Waals surface area contributed by atoms with E-state index in [1.54, 1.807) is 16.9 Å². The van der Waals surface area contributed by atoms with E-state index in [9.17, 15) is 9.59 Å². The van der Waals surface area contributed by atoms with Crippen LogP contribution in [0.2, 0.25) is 0 Å². The lowest BCUT2D eigenvalue weighted by atomic mass is 9.84. The molecule has 2 aliphatic heterocycles. The standard InChI is InChI=1S/C20H23N3O3/c1-2-23-16(8-11-21-23)19(25)22-12-5-9-20(10-13-22)14-17(24)15-6-3-4-7-18(15)26-20/h3-4,6-8,11H,2,5,9-10,12-14H2,1H3. The summed E-state index contributed by atoms with van der Waals surface area (Å²) in [4.78, 5) is 27.3. The van der Waals surface area contributed by atoms with Gasteiger partial charge in [0.2, 0.25) is 0 Å².